The van der Waals surface area contributed by atoms with E-state index in [-0.39, 0.29) is 0 Å². The van der Waals surface area contributed by atoms with Crippen molar-refractivity contribution in [3.63, 3.8) is 0 Å². The topological polar surface area (TPSA) is 38.4 Å². The van der Waals surface area contributed by atoms with Crippen molar-refractivity contribution < 1.29 is 0 Å². The van der Waals surface area contributed by atoms with Crippen molar-refractivity contribution in [2.24, 2.45) is 16.6 Å². The van der Waals surface area contributed by atoms with E-state index in [1.54, 1.807) is 0 Å². The fourth-order valence-corrected chi connectivity index (χ4v) is 1.92. The first-order valence-electron chi connectivity index (χ1n) is 5.56. The Kier molecular flexibility index (Phi) is 2.76. The summed E-state index contributed by atoms with van der Waals surface area (Å²) < 4.78 is 0. The summed E-state index contributed by atoms with van der Waals surface area (Å²) in [6.07, 6.45) is 1.06. The van der Waals surface area contributed by atoms with Crippen molar-refractivity contribution >= 4 is 5.84 Å². The molecular formula is C13H18N2. The first-order valence-corrected chi connectivity index (χ1v) is 5.56. The summed E-state index contributed by atoms with van der Waals surface area (Å²) in [6, 6.07) is 8.47. The SMILES string of the molecule is CC(C)CN=C(N)C1Cc2ccccc21. The molecule has 1 aromatic carbocycles. The van der Waals surface area contributed by atoms with Crippen molar-refractivity contribution in [1.82, 2.24) is 0 Å². The molecule has 0 aliphatic heterocycles. The summed E-state index contributed by atoms with van der Waals surface area (Å²) in [6.45, 7) is 5.15. The minimum atomic E-state index is 0.375. The van der Waals surface area contributed by atoms with Gasteiger partial charge in [-0.1, -0.05) is 38.1 Å². The number of benzene rings is 1. The van der Waals surface area contributed by atoms with Gasteiger partial charge in [0, 0.05) is 12.5 Å². The van der Waals surface area contributed by atoms with Crippen LogP contribution in [0.15, 0.2) is 29.3 Å². The quantitative estimate of drug-likeness (QED) is 0.593. The molecule has 15 heavy (non-hydrogen) atoms. The van der Waals surface area contributed by atoms with Crippen molar-refractivity contribution in [1.29, 1.82) is 0 Å². The maximum absolute atomic E-state index is 5.99. The molecule has 0 heterocycles. The molecule has 0 amide bonds. The van der Waals surface area contributed by atoms with Gasteiger partial charge in [-0.05, 0) is 23.5 Å². The lowest BCUT2D eigenvalue weighted by atomic mass is 9.77. The molecule has 1 aromatic rings. The first-order chi connectivity index (χ1) is 7.18. The Bertz CT molecular complexity index is 380. The van der Waals surface area contributed by atoms with Gasteiger partial charge in [0.05, 0.1) is 0 Å². The van der Waals surface area contributed by atoms with Gasteiger partial charge in [0.1, 0.15) is 5.84 Å². The molecule has 1 aliphatic carbocycles. The maximum atomic E-state index is 5.99. The highest BCUT2D eigenvalue weighted by molar-refractivity contribution is 5.90. The van der Waals surface area contributed by atoms with E-state index in [0.29, 0.717) is 11.8 Å². The third kappa shape index (κ3) is 2.04. The largest absolute Gasteiger partial charge is 0.387 e. The number of nitrogens with two attached hydrogens (primary N) is 1. The van der Waals surface area contributed by atoms with Gasteiger partial charge in [0.25, 0.3) is 0 Å². The number of rotatable bonds is 3. The molecule has 0 saturated carbocycles. The van der Waals surface area contributed by atoms with E-state index in [9.17, 15) is 0 Å². The molecule has 2 heteroatoms. The third-order valence-electron chi connectivity index (χ3n) is 2.85. The van der Waals surface area contributed by atoms with Crippen LogP contribution in [0.2, 0.25) is 0 Å². The van der Waals surface area contributed by atoms with Crippen LogP contribution >= 0.6 is 0 Å². The number of hydrogen-bond acceptors (Lipinski definition) is 1. The lowest BCUT2D eigenvalue weighted by Gasteiger charge is -2.29. The van der Waals surface area contributed by atoms with Crippen LogP contribution in [0.25, 0.3) is 0 Å². The zero-order chi connectivity index (χ0) is 10.8. The molecule has 2 rings (SSSR count). The molecule has 2 N–H and O–H groups in total. The predicted octanol–water partition coefficient (Wildman–Crippen LogP) is 2.34. The summed E-state index contributed by atoms with van der Waals surface area (Å²) in [4.78, 5) is 4.44. The fourth-order valence-electron chi connectivity index (χ4n) is 1.92. The van der Waals surface area contributed by atoms with Gasteiger partial charge in [-0.15, -0.1) is 0 Å². The number of fused-ring (bicyclic) bond motifs is 1. The fraction of sp³-hybridized carbons (Fsp3) is 0.462. The summed E-state index contributed by atoms with van der Waals surface area (Å²) in [5, 5.41) is 0. The van der Waals surface area contributed by atoms with E-state index < -0.39 is 0 Å². The predicted molar refractivity (Wildman–Crippen MR) is 64.2 cm³/mol. The third-order valence-corrected chi connectivity index (χ3v) is 2.85. The lowest BCUT2D eigenvalue weighted by Crippen LogP contribution is -2.31. The molecule has 2 nitrogen and oxygen atoms in total. The summed E-state index contributed by atoms with van der Waals surface area (Å²) in [7, 11) is 0. The van der Waals surface area contributed by atoms with Gasteiger partial charge in [-0.25, -0.2) is 0 Å². The summed E-state index contributed by atoms with van der Waals surface area (Å²) in [5.74, 6) is 1.77. The van der Waals surface area contributed by atoms with E-state index in [2.05, 4.69) is 43.1 Å². The second kappa shape index (κ2) is 4.05. The van der Waals surface area contributed by atoms with Gasteiger partial charge in [0.15, 0.2) is 0 Å². The maximum Gasteiger partial charge on any atom is 0.102 e. The second-order valence-corrected chi connectivity index (χ2v) is 4.61. The van der Waals surface area contributed by atoms with Crippen LogP contribution in [0.3, 0.4) is 0 Å². The lowest BCUT2D eigenvalue weighted by molar-refractivity contribution is 0.657. The van der Waals surface area contributed by atoms with Crippen molar-refractivity contribution in [2.45, 2.75) is 26.2 Å². The Morgan fingerprint density at radius 2 is 2.20 bits per heavy atom. The minimum absolute atomic E-state index is 0.375. The normalized spacial score (nSPS) is 19.9. The minimum Gasteiger partial charge on any atom is -0.387 e. The van der Waals surface area contributed by atoms with E-state index in [1.165, 1.54) is 11.1 Å². The Morgan fingerprint density at radius 3 is 2.87 bits per heavy atom. The highest BCUT2D eigenvalue weighted by Gasteiger charge is 2.28. The second-order valence-electron chi connectivity index (χ2n) is 4.61. The molecular weight excluding hydrogens is 184 g/mol. The Labute approximate surface area is 91.2 Å². The zero-order valence-electron chi connectivity index (χ0n) is 9.40. The number of hydrogen-bond donors (Lipinski definition) is 1. The number of nitrogens with zero attached hydrogens (tertiary/aromatic N) is 1. The van der Waals surface area contributed by atoms with Crippen LogP contribution in [-0.2, 0) is 6.42 Å². The average molecular weight is 202 g/mol. The van der Waals surface area contributed by atoms with Crippen LogP contribution < -0.4 is 5.73 Å². The van der Waals surface area contributed by atoms with E-state index in [4.69, 9.17) is 5.73 Å². The van der Waals surface area contributed by atoms with Crippen LogP contribution in [-0.4, -0.2) is 12.4 Å². The highest BCUT2D eigenvalue weighted by atomic mass is 14.9. The van der Waals surface area contributed by atoms with Crippen molar-refractivity contribution in [3.8, 4) is 0 Å². The van der Waals surface area contributed by atoms with Crippen LogP contribution in [0.4, 0.5) is 0 Å². The Hall–Kier alpha value is -1.31. The van der Waals surface area contributed by atoms with Gasteiger partial charge in [-0.2, -0.15) is 0 Å². The van der Waals surface area contributed by atoms with Crippen molar-refractivity contribution in [3.05, 3.63) is 35.4 Å². The van der Waals surface area contributed by atoms with Crippen LogP contribution in [0.1, 0.15) is 30.9 Å². The molecule has 1 aliphatic rings. The molecule has 0 spiro atoms. The first kappa shape index (κ1) is 10.2. The number of amidine groups is 1. The standard InChI is InChI=1S/C13H18N2/c1-9(2)8-15-13(14)12-7-10-5-3-4-6-11(10)12/h3-6,9,12H,7-8H2,1-2H3,(H2,14,15). The van der Waals surface area contributed by atoms with Gasteiger partial charge >= 0.3 is 0 Å². The molecule has 0 saturated heterocycles. The average Bonchev–Trinajstić information content (AvgIpc) is 2.17. The van der Waals surface area contributed by atoms with Gasteiger partial charge in [-0.3, -0.25) is 4.99 Å². The monoisotopic (exact) mass is 202 g/mol. The molecule has 0 aromatic heterocycles. The van der Waals surface area contributed by atoms with E-state index >= 15 is 0 Å². The van der Waals surface area contributed by atoms with Crippen LogP contribution in [0.5, 0.6) is 0 Å². The molecule has 0 radical (unpaired) electrons. The smallest absolute Gasteiger partial charge is 0.102 e. The van der Waals surface area contributed by atoms with E-state index in [0.717, 1.165) is 18.8 Å². The zero-order valence-corrected chi connectivity index (χ0v) is 9.40. The molecule has 0 bridgehead atoms. The highest BCUT2D eigenvalue weighted by Crippen LogP contribution is 2.34. The summed E-state index contributed by atoms with van der Waals surface area (Å²) in [5.41, 5.74) is 8.78. The molecule has 1 unspecified atom stereocenters. The number of aliphatic imine (C=N–C) groups is 1. The van der Waals surface area contributed by atoms with Gasteiger partial charge < -0.3 is 5.73 Å². The molecule has 0 fully saturated rings. The van der Waals surface area contributed by atoms with Crippen LogP contribution in [0, 0.1) is 5.92 Å². The summed E-state index contributed by atoms with van der Waals surface area (Å²) >= 11 is 0. The van der Waals surface area contributed by atoms with Gasteiger partial charge in [0.2, 0.25) is 0 Å². The molecule has 1 atom stereocenters. The van der Waals surface area contributed by atoms with E-state index in [1.807, 2.05) is 0 Å². The Balaban J connectivity index is 2.07. The Morgan fingerprint density at radius 1 is 1.47 bits per heavy atom. The molecule has 80 valence electrons. The van der Waals surface area contributed by atoms with Crippen molar-refractivity contribution in [2.75, 3.05) is 6.54 Å².